The van der Waals surface area contributed by atoms with E-state index in [0.29, 0.717) is 11.6 Å². The molecule has 0 spiro atoms. The fraction of sp³-hybridized carbons (Fsp3) is 0.167. The maximum Gasteiger partial charge on any atom is 0.268 e. The third kappa shape index (κ3) is 2.32. The van der Waals surface area contributed by atoms with Gasteiger partial charge in [0, 0.05) is 7.05 Å². The monoisotopic (exact) mass is 249 g/mol. The van der Waals surface area contributed by atoms with Gasteiger partial charge in [0.25, 0.3) is 5.88 Å². The van der Waals surface area contributed by atoms with Gasteiger partial charge >= 0.3 is 0 Å². The van der Waals surface area contributed by atoms with Crippen LogP contribution in [0.15, 0.2) is 30.6 Å². The van der Waals surface area contributed by atoms with Gasteiger partial charge in [0.1, 0.15) is 6.33 Å². The summed E-state index contributed by atoms with van der Waals surface area (Å²) in [6.45, 7) is 0. The molecule has 2 aromatic rings. The molecule has 0 aliphatic rings. The molecular formula is C12H12FN3O2. The van der Waals surface area contributed by atoms with Crippen molar-refractivity contribution in [1.29, 1.82) is 0 Å². The lowest BCUT2D eigenvalue weighted by Crippen LogP contribution is -2.01. The van der Waals surface area contributed by atoms with E-state index in [-0.39, 0.29) is 11.6 Å². The summed E-state index contributed by atoms with van der Waals surface area (Å²) in [5, 5.41) is 2.84. The van der Waals surface area contributed by atoms with E-state index in [0.717, 1.165) is 0 Å². The summed E-state index contributed by atoms with van der Waals surface area (Å²) in [5.74, 6) is 0.560. The van der Waals surface area contributed by atoms with E-state index in [2.05, 4.69) is 15.3 Å². The summed E-state index contributed by atoms with van der Waals surface area (Å²) in [5.41, 5.74) is 0. The van der Waals surface area contributed by atoms with Crippen LogP contribution in [-0.4, -0.2) is 24.1 Å². The quantitative estimate of drug-likeness (QED) is 0.902. The average Bonchev–Trinajstić information content (AvgIpc) is 2.41. The highest BCUT2D eigenvalue weighted by molar-refractivity contribution is 5.55. The first kappa shape index (κ1) is 12.1. The fourth-order valence-electron chi connectivity index (χ4n) is 1.42. The van der Waals surface area contributed by atoms with Crippen molar-refractivity contribution in [2.45, 2.75) is 0 Å². The Labute approximate surface area is 104 Å². The molecule has 6 heteroatoms. The molecule has 1 heterocycles. The van der Waals surface area contributed by atoms with Crippen LogP contribution >= 0.6 is 0 Å². The maximum absolute atomic E-state index is 13.5. The molecular weight excluding hydrogens is 237 g/mol. The van der Waals surface area contributed by atoms with Crippen molar-refractivity contribution >= 4 is 5.82 Å². The molecule has 0 atom stereocenters. The highest BCUT2D eigenvalue weighted by Crippen LogP contribution is 2.34. The summed E-state index contributed by atoms with van der Waals surface area (Å²) < 4.78 is 24.0. The number of benzene rings is 1. The van der Waals surface area contributed by atoms with Gasteiger partial charge in [-0.1, -0.05) is 12.1 Å². The Morgan fingerprint density at radius 1 is 1.22 bits per heavy atom. The lowest BCUT2D eigenvalue weighted by atomic mass is 10.3. The third-order valence-electron chi connectivity index (χ3n) is 2.26. The first-order valence-electron chi connectivity index (χ1n) is 5.25. The Hall–Kier alpha value is -2.37. The number of rotatable bonds is 4. The van der Waals surface area contributed by atoms with Crippen molar-refractivity contribution in [3.63, 3.8) is 0 Å². The number of halogens is 1. The summed E-state index contributed by atoms with van der Waals surface area (Å²) in [4.78, 5) is 7.90. The molecule has 0 radical (unpaired) electrons. The molecule has 0 fully saturated rings. The first-order chi connectivity index (χ1) is 8.76. The van der Waals surface area contributed by atoms with E-state index in [1.807, 2.05) is 0 Å². The van der Waals surface area contributed by atoms with Crippen molar-refractivity contribution in [2.75, 3.05) is 19.5 Å². The molecule has 94 valence electrons. The molecule has 0 saturated heterocycles. The Morgan fingerprint density at radius 3 is 2.67 bits per heavy atom. The van der Waals surface area contributed by atoms with E-state index in [4.69, 9.17) is 9.47 Å². The number of methoxy groups -OCH3 is 1. The number of aromatic nitrogens is 2. The standard InChI is InChI=1S/C12H12FN3O2/c1-14-11-10(17-2)12(16-7-15-11)18-9-6-4-3-5-8(9)13/h3-7H,1-2H3,(H,14,15,16). The van der Waals surface area contributed by atoms with Crippen molar-refractivity contribution in [1.82, 2.24) is 9.97 Å². The SMILES string of the molecule is CNc1ncnc(Oc2ccccc2F)c1OC. The van der Waals surface area contributed by atoms with Gasteiger partial charge in [0.2, 0.25) is 5.75 Å². The Kier molecular flexibility index (Phi) is 3.57. The van der Waals surface area contributed by atoms with E-state index >= 15 is 0 Å². The van der Waals surface area contributed by atoms with Gasteiger partial charge in [-0.25, -0.2) is 9.37 Å². The Morgan fingerprint density at radius 2 is 2.00 bits per heavy atom. The van der Waals surface area contributed by atoms with Gasteiger partial charge in [0.05, 0.1) is 7.11 Å². The van der Waals surface area contributed by atoms with Crippen molar-refractivity contribution in [3.8, 4) is 17.4 Å². The first-order valence-corrected chi connectivity index (χ1v) is 5.25. The van der Waals surface area contributed by atoms with Crippen LogP contribution in [-0.2, 0) is 0 Å². The van der Waals surface area contributed by atoms with Crippen LogP contribution in [0.5, 0.6) is 17.4 Å². The van der Waals surface area contributed by atoms with Gasteiger partial charge < -0.3 is 14.8 Å². The van der Waals surface area contributed by atoms with Gasteiger partial charge in [-0.05, 0) is 12.1 Å². The molecule has 2 rings (SSSR count). The van der Waals surface area contributed by atoms with Gasteiger partial charge in [0.15, 0.2) is 17.4 Å². The number of nitrogens with one attached hydrogen (secondary N) is 1. The van der Waals surface area contributed by atoms with Crippen LogP contribution in [0.2, 0.25) is 0 Å². The molecule has 0 aliphatic heterocycles. The molecule has 0 bridgehead atoms. The number of hydrogen-bond donors (Lipinski definition) is 1. The van der Waals surface area contributed by atoms with Gasteiger partial charge in [-0.15, -0.1) is 0 Å². The lowest BCUT2D eigenvalue weighted by molar-refractivity contribution is 0.360. The molecule has 18 heavy (non-hydrogen) atoms. The van der Waals surface area contributed by atoms with E-state index in [1.165, 1.54) is 25.6 Å². The van der Waals surface area contributed by atoms with Crippen LogP contribution in [0.1, 0.15) is 0 Å². The number of anilines is 1. The minimum absolute atomic E-state index is 0.0801. The molecule has 0 aliphatic carbocycles. The van der Waals surface area contributed by atoms with E-state index in [1.54, 1.807) is 19.2 Å². The second-order valence-electron chi connectivity index (χ2n) is 3.34. The topological polar surface area (TPSA) is 56.3 Å². The van der Waals surface area contributed by atoms with Crippen LogP contribution < -0.4 is 14.8 Å². The van der Waals surface area contributed by atoms with Crippen LogP contribution in [0.3, 0.4) is 0 Å². The molecule has 0 saturated carbocycles. The predicted molar refractivity (Wildman–Crippen MR) is 64.6 cm³/mol. The Bertz CT molecular complexity index is 549. The highest BCUT2D eigenvalue weighted by atomic mass is 19.1. The fourth-order valence-corrected chi connectivity index (χ4v) is 1.42. The number of hydrogen-bond acceptors (Lipinski definition) is 5. The zero-order valence-corrected chi connectivity index (χ0v) is 9.98. The van der Waals surface area contributed by atoms with E-state index in [9.17, 15) is 4.39 Å². The number of ether oxygens (including phenoxy) is 2. The van der Waals surface area contributed by atoms with Crippen LogP contribution in [0, 0.1) is 5.82 Å². The molecule has 1 aromatic carbocycles. The van der Waals surface area contributed by atoms with Crippen LogP contribution in [0.25, 0.3) is 0 Å². The Balaban J connectivity index is 2.37. The zero-order chi connectivity index (χ0) is 13.0. The summed E-state index contributed by atoms with van der Waals surface area (Å²) in [6, 6.07) is 6.07. The van der Waals surface area contributed by atoms with Crippen LogP contribution in [0.4, 0.5) is 10.2 Å². The summed E-state index contributed by atoms with van der Waals surface area (Å²) in [7, 11) is 3.16. The van der Waals surface area contributed by atoms with Gasteiger partial charge in [-0.3, -0.25) is 0 Å². The molecule has 5 nitrogen and oxygen atoms in total. The molecule has 1 N–H and O–H groups in total. The smallest absolute Gasteiger partial charge is 0.268 e. The molecule has 1 aromatic heterocycles. The third-order valence-corrected chi connectivity index (χ3v) is 2.26. The lowest BCUT2D eigenvalue weighted by Gasteiger charge is -2.11. The number of para-hydroxylation sites is 1. The average molecular weight is 249 g/mol. The largest absolute Gasteiger partial charge is 0.489 e. The van der Waals surface area contributed by atoms with Crippen molar-refractivity contribution in [2.24, 2.45) is 0 Å². The normalized spacial score (nSPS) is 9.94. The van der Waals surface area contributed by atoms with E-state index < -0.39 is 5.82 Å². The maximum atomic E-state index is 13.5. The number of nitrogens with zero attached hydrogens (tertiary/aromatic N) is 2. The zero-order valence-electron chi connectivity index (χ0n) is 9.98. The molecule has 0 unspecified atom stereocenters. The highest BCUT2D eigenvalue weighted by Gasteiger charge is 2.14. The second-order valence-corrected chi connectivity index (χ2v) is 3.34. The second kappa shape index (κ2) is 5.31. The van der Waals surface area contributed by atoms with Gasteiger partial charge in [-0.2, -0.15) is 4.98 Å². The summed E-state index contributed by atoms with van der Waals surface area (Å²) >= 11 is 0. The summed E-state index contributed by atoms with van der Waals surface area (Å²) in [6.07, 6.45) is 1.31. The van der Waals surface area contributed by atoms with Crippen molar-refractivity contribution in [3.05, 3.63) is 36.4 Å². The minimum atomic E-state index is -0.468. The van der Waals surface area contributed by atoms with Crippen molar-refractivity contribution < 1.29 is 13.9 Å². The predicted octanol–water partition coefficient (Wildman–Crippen LogP) is 2.46. The molecule has 0 amide bonds. The minimum Gasteiger partial charge on any atom is -0.489 e.